The molecule has 2 rings (SSSR count). The van der Waals surface area contributed by atoms with Crippen molar-refractivity contribution < 1.29 is 9.63 Å². The van der Waals surface area contributed by atoms with Crippen LogP contribution in [0.4, 0.5) is 0 Å². The maximum atomic E-state index is 12.0. The maximum Gasteiger partial charge on any atom is 0.263 e. The van der Waals surface area contributed by atoms with Gasteiger partial charge in [0.1, 0.15) is 0 Å². The SMILES string of the molecule is CC=NOCC(=O)N1CCC(c2nc(C(C)CCC)cs2)CC1. The third kappa shape index (κ3) is 5.03. The van der Waals surface area contributed by atoms with Crippen LogP contribution in [0.5, 0.6) is 0 Å². The molecule has 0 N–H and O–H groups in total. The number of hydrogen-bond donors (Lipinski definition) is 0. The lowest BCUT2D eigenvalue weighted by atomic mass is 9.97. The minimum Gasteiger partial charge on any atom is -0.386 e. The monoisotopic (exact) mass is 337 g/mol. The zero-order valence-electron chi connectivity index (χ0n) is 14.3. The van der Waals surface area contributed by atoms with Crippen LogP contribution in [0.25, 0.3) is 0 Å². The summed E-state index contributed by atoms with van der Waals surface area (Å²) in [7, 11) is 0. The van der Waals surface area contributed by atoms with Crippen LogP contribution in [-0.2, 0) is 9.63 Å². The number of piperidine rings is 1. The van der Waals surface area contributed by atoms with E-state index in [9.17, 15) is 4.79 Å². The fraction of sp³-hybridized carbons (Fsp3) is 0.706. The predicted octanol–water partition coefficient (Wildman–Crippen LogP) is 3.78. The molecule has 1 unspecified atom stereocenters. The van der Waals surface area contributed by atoms with Crippen molar-refractivity contribution in [2.45, 2.75) is 58.3 Å². The average Bonchev–Trinajstić information content (AvgIpc) is 3.05. The largest absolute Gasteiger partial charge is 0.386 e. The van der Waals surface area contributed by atoms with Gasteiger partial charge in [-0.15, -0.1) is 11.3 Å². The van der Waals surface area contributed by atoms with Gasteiger partial charge in [-0.05, 0) is 32.1 Å². The Balaban J connectivity index is 1.83. The molecule has 0 saturated carbocycles. The summed E-state index contributed by atoms with van der Waals surface area (Å²) in [5, 5.41) is 7.07. The highest BCUT2D eigenvalue weighted by atomic mass is 32.1. The second-order valence-corrected chi connectivity index (χ2v) is 6.98. The van der Waals surface area contributed by atoms with Gasteiger partial charge in [-0.1, -0.05) is 25.4 Å². The van der Waals surface area contributed by atoms with Crippen molar-refractivity contribution in [2.24, 2.45) is 5.16 Å². The van der Waals surface area contributed by atoms with Crippen LogP contribution in [0.2, 0.25) is 0 Å². The van der Waals surface area contributed by atoms with Crippen LogP contribution in [0, 0.1) is 0 Å². The lowest BCUT2D eigenvalue weighted by molar-refractivity contribution is -0.137. The summed E-state index contributed by atoms with van der Waals surface area (Å²) < 4.78 is 0. The highest BCUT2D eigenvalue weighted by Crippen LogP contribution is 2.32. The van der Waals surface area contributed by atoms with Gasteiger partial charge in [-0.2, -0.15) is 0 Å². The Bertz CT molecular complexity index is 522. The van der Waals surface area contributed by atoms with Gasteiger partial charge in [-0.3, -0.25) is 4.79 Å². The zero-order valence-corrected chi connectivity index (χ0v) is 15.1. The Labute approximate surface area is 142 Å². The zero-order chi connectivity index (χ0) is 16.7. The Morgan fingerprint density at radius 1 is 1.57 bits per heavy atom. The molecule has 1 fully saturated rings. The van der Waals surface area contributed by atoms with Crippen LogP contribution in [0.3, 0.4) is 0 Å². The number of nitrogens with zero attached hydrogens (tertiary/aromatic N) is 3. The van der Waals surface area contributed by atoms with Crippen LogP contribution >= 0.6 is 11.3 Å². The van der Waals surface area contributed by atoms with Gasteiger partial charge in [0.15, 0.2) is 6.61 Å². The second-order valence-electron chi connectivity index (χ2n) is 6.09. The van der Waals surface area contributed by atoms with Gasteiger partial charge in [0, 0.05) is 30.6 Å². The number of thiazole rings is 1. The maximum absolute atomic E-state index is 12.0. The fourth-order valence-electron chi connectivity index (χ4n) is 2.93. The number of oxime groups is 1. The van der Waals surface area contributed by atoms with Crippen molar-refractivity contribution in [2.75, 3.05) is 19.7 Å². The summed E-state index contributed by atoms with van der Waals surface area (Å²) in [5.41, 5.74) is 1.23. The second kappa shape index (κ2) is 9.01. The molecule has 1 saturated heterocycles. The van der Waals surface area contributed by atoms with Crippen LogP contribution in [-0.4, -0.2) is 41.7 Å². The number of amides is 1. The first-order valence-corrected chi connectivity index (χ1v) is 9.36. The van der Waals surface area contributed by atoms with E-state index in [1.54, 1.807) is 24.5 Å². The van der Waals surface area contributed by atoms with Crippen molar-refractivity contribution in [3.8, 4) is 0 Å². The lowest BCUT2D eigenvalue weighted by Gasteiger charge is -2.30. The quantitative estimate of drug-likeness (QED) is 0.562. The van der Waals surface area contributed by atoms with Gasteiger partial charge >= 0.3 is 0 Å². The van der Waals surface area contributed by atoms with E-state index in [4.69, 9.17) is 9.82 Å². The molecule has 128 valence electrons. The third-order valence-electron chi connectivity index (χ3n) is 4.33. The van der Waals surface area contributed by atoms with Crippen molar-refractivity contribution in [1.29, 1.82) is 0 Å². The van der Waals surface area contributed by atoms with Crippen LogP contribution in [0.1, 0.15) is 69.0 Å². The van der Waals surface area contributed by atoms with Gasteiger partial charge < -0.3 is 9.74 Å². The molecule has 2 heterocycles. The summed E-state index contributed by atoms with van der Waals surface area (Å²) in [4.78, 5) is 23.7. The molecule has 0 bridgehead atoms. The van der Waals surface area contributed by atoms with E-state index in [2.05, 4.69) is 24.4 Å². The summed E-state index contributed by atoms with van der Waals surface area (Å²) in [6.45, 7) is 7.82. The van der Waals surface area contributed by atoms with E-state index in [0.717, 1.165) is 25.9 Å². The number of aromatic nitrogens is 1. The van der Waals surface area contributed by atoms with Gasteiger partial charge in [0.25, 0.3) is 5.91 Å². The summed E-state index contributed by atoms with van der Waals surface area (Å²) in [5.74, 6) is 1.05. The lowest BCUT2D eigenvalue weighted by Crippen LogP contribution is -2.39. The predicted molar refractivity (Wildman–Crippen MR) is 94.1 cm³/mol. The molecule has 0 radical (unpaired) electrons. The third-order valence-corrected chi connectivity index (χ3v) is 5.36. The molecular formula is C17H27N3O2S. The topological polar surface area (TPSA) is 54.8 Å². The first-order chi connectivity index (χ1) is 11.2. The number of likely N-dealkylation sites (tertiary alicyclic amines) is 1. The van der Waals surface area contributed by atoms with Crippen molar-refractivity contribution in [1.82, 2.24) is 9.88 Å². The molecule has 23 heavy (non-hydrogen) atoms. The van der Waals surface area contributed by atoms with E-state index >= 15 is 0 Å². The minimum atomic E-state index is 0.0189. The van der Waals surface area contributed by atoms with E-state index in [-0.39, 0.29) is 12.5 Å². The molecule has 0 spiro atoms. The molecule has 5 nitrogen and oxygen atoms in total. The molecule has 1 atom stereocenters. The molecular weight excluding hydrogens is 310 g/mol. The molecule has 1 aromatic heterocycles. The van der Waals surface area contributed by atoms with Gasteiger partial charge in [0.05, 0.1) is 10.7 Å². The van der Waals surface area contributed by atoms with E-state index in [1.165, 1.54) is 23.5 Å². The van der Waals surface area contributed by atoms with Crippen molar-refractivity contribution >= 4 is 23.5 Å². The average molecular weight is 337 g/mol. The van der Waals surface area contributed by atoms with Crippen molar-refractivity contribution in [3.05, 3.63) is 16.1 Å². The molecule has 1 amide bonds. The number of rotatable bonds is 7. The Morgan fingerprint density at radius 3 is 2.96 bits per heavy atom. The highest BCUT2D eigenvalue weighted by molar-refractivity contribution is 7.09. The molecule has 6 heteroatoms. The molecule has 1 aliphatic heterocycles. The van der Waals surface area contributed by atoms with Gasteiger partial charge in [-0.25, -0.2) is 4.98 Å². The number of carbonyl (C=O) groups is 1. The van der Waals surface area contributed by atoms with Gasteiger partial charge in [0.2, 0.25) is 0 Å². The van der Waals surface area contributed by atoms with Crippen LogP contribution in [0.15, 0.2) is 10.5 Å². The summed E-state index contributed by atoms with van der Waals surface area (Å²) >= 11 is 1.78. The first-order valence-electron chi connectivity index (χ1n) is 8.48. The molecule has 0 aromatic carbocycles. The van der Waals surface area contributed by atoms with E-state index in [1.807, 2.05) is 4.90 Å². The molecule has 1 aromatic rings. The summed E-state index contributed by atoms with van der Waals surface area (Å²) in [6, 6.07) is 0. The first kappa shape index (κ1) is 17.9. The highest BCUT2D eigenvalue weighted by Gasteiger charge is 2.26. The molecule has 1 aliphatic rings. The Hall–Kier alpha value is -1.43. The standard InChI is InChI=1S/C17H27N3O2S/c1-4-6-13(3)15-12-23-17(19-15)14-7-9-20(10-8-14)16(21)11-22-18-5-2/h5,12-14H,4,6-11H2,1-3H3. The van der Waals surface area contributed by atoms with Crippen molar-refractivity contribution in [3.63, 3.8) is 0 Å². The smallest absolute Gasteiger partial charge is 0.263 e. The van der Waals surface area contributed by atoms with Crippen LogP contribution < -0.4 is 0 Å². The summed E-state index contributed by atoms with van der Waals surface area (Å²) in [6.07, 6.45) is 5.89. The Morgan fingerprint density at radius 2 is 2.30 bits per heavy atom. The molecule has 0 aliphatic carbocycles. The Kier molecular flexibility index (Phi) is 7.02. The van der Waals surface area contributed by atoms with E-state index in [0.29, 0.717) is 11.8 Å². The number of carbonyl (C=O) groups excluding carboxylic acids is 1. The number of hydrogen-bond acceptors (Lipinski definition) is 5. The van der Waals surface area contributed by atoms with E-state index < -0.39 is 0 Å². The normalized spacial score (nSPS) is 17.6. The minimum absolute atomic E-state index is 0.0189. The fourth-order valence-corrected chi connectivity index (χ4v) is 4.04.